The lowest BCUT2D eigenvalue weighted by Gasteiger charge is -2.34. The van der Waals surface area contributed by atoms with Gasteiger partial charge in [0, 0.05) is 36.7 Å². The molecule has 0 saturated heterocycles. The van der Waals surface area contributed by atoms with Crippen LogP contribution in [-0.4, -0.2) is 72.7 Å². The molecule has 51 heavy (non-hydrogen) atoms. The zero-order valence-corrected chi connectivity index (χ0v) is 31.0. The fourth-order valence-electron chi connectivity index (χ4n) is 5.48. The van der Waals surface area contributed by atoms with Crippen molar-refractivity contribution in [3.63, 3.8) is 0 Å². The maximum atomic E-state index is 14.8. The van der Waals surface area contributed by atoms with Crippen molar-refractivity contribution in [1.82, 2.24) is 10.2 Å². The third kappa shape index (κ3) is 9.65. The molecule has 0 saturated carbocycles. The van der Waals surface area contributed by atoms with E-state index in [1.165, 1.54) is 57.6 Å². The van der Waals surface area contributed by atoms with E-state index in [9.17, 15) is 18.0 Å². The Morgan fingerprint density at radius 3 is 2.12 bits per heavy atom. The van der Waals surface area contributed by atoms with E-state index >= 15 is 0 Å². The second-order valence-corrected chi connectivity index (χ2v) is 13.8. The molecule has 0 aromatic heterocycles. The Morgan fingerprint density at radius 2 is 1.47 bits per heavy atom. The molecule has 0 aliphatic carbocycles. The van der Waals surface area contributed by atoms with Gasteiger partial charge in [0.1, 0.15) is 24.1 Å². The smallest absolute Gasteiger partial charge is 0.265 e. The third-order valence-electron chi connectivity index (χ3n) is 8.28. The lowest BCUT2D eigenvalue weighted by Crippen LogP contribution is -2.53. The molecular formula is C38H44ClN3O8S. The Kier molecular flexibility index (Phi) is 14.0. The standard InChI is InChI=1S/C38H44ClN3O8S/c1-6-7-21-40-38(44)33(22-27-13-9-8-10-14-27)41(25-28-15-11-12-16-31(28)39)37(43)26-42(32-23-29(47-2)17-19-34(32)48-3)51(45,46)30-18-20-35(49-4)36(24-30)50-5/h8-20,23-24,33H,6-7,21-22,25-26H2,1-5H3,(H,40,44)/t33-/m0/s1. The van der Waals surface area contributed by atoms with Gasteiger partial charge in [-0.3, -0.25) is 13.9 Å². The van der Waals surface area contributed by atoms with E-state index in [0.717, 1.165) is 22.7 Å². The number of rotatable bonds is 18. The highest BCUT2D eigenvalue weighted by Crippen LogP contribution is 2.38. The minimum absolute atomic E-state index is 0.0460. The quantitative estimate of drug-likeness (QED) is 0.121. The number of nitrogens with one attached hydrogen (secondary N) is 1. The van der Waals surface area contributed by atoms with Crippen molar-refractivity contribution in [2.24, 2.45) is 0 Å². The van der Waals surface area contributed by atoms with Crippen LogP contribution in [0.5, 0.6) is 23.0 Å². The Morgan fingerprint density at radius 1 is 0.804 bits per heavy atom. The van der Waals surface area contributed by atoms with Gasteiger partial charge in [-0.25, -0.2) is 8.42 Å². The second-order valence-electron chi connectivity index (χ2n) is 11.5. The van der Waals surface area contributed by atoms with Crippen molar-refractivity contribution < 1.29 is 37.0 Å². The average molecular weight is 738 g/mol. The molecule has 0 unspecified atom stereocenters. The first kappa shape index (κ1) is 38.9. The monoisotopic (exact) mass is 737 g/mol. The summed E-state index contributed by atoms with van der Waals surface area (Å²) in [4.78, 5) is 30.1. The van der Waals surface area contributed by atoms with Crippen molar-refractivity contribution in [1.29, 1.82) is 0 Å². The highest BCUT2D eigenvalue weighted by molar-refractivity contribution is 7.92. The maximum Gasteiger partial charge on any atom is 0.265 e. The molecule has 13 heteroatoms. The van der Waals surface area contributed by atoms with E-state index in [0.29, 0.717) is 28.6 Å². The summed E-state index contributed by atoms with van der Waals surface area (Å²) in [5, 5.41) is 3.37. The fraction of sp³-hybridized carbons (Fsp3) is 0.316. The van der Waals surface area contributed by atoms with Gasteiger partial charge >= 0.3 is 0 Å². The Balaban J connectivity index is 1.89. The summed E-state index contributed by atoms with van der Waals surface area (Å²) in [6.45, 7) is 1.64. The molecule has 0 fully saturated rings. The SMILES string of the molecule is CCCCNC(=O)[C@H](Cc1ccccc1)N(Cc1ccccc1Cl)C(=O)CN(c1cc(OC)ccc1OC)S(=O)(=O)c1ccc(OC)c(OC)c1. The van der Waals surface area contributed by atoms with Crippen LogP contribution in [0, 0.1) is 0 Å². The van der Waals surface area contributed by atoms with Crippen LogP contribution in [0.1, 0.15) is 30.9 Å². The number of carbonyl (C=O) groups excluding carboxylic acids is 2. The average Bonchev–Trinajstić information content (AvgIpc) is 3.15. The van der Waals surface area contributed by atoms with Crippen LogP contribution in [0.3, 0.4) is 0 Å². The number of hydrogen-bond donors (Lipinski definition) is 1. The second kappa shape index (κ2) is 18.3. The molecule has 4 aromatic carbocycles. The van der Waals surface area contributed by atoms with E-state index in [2.05, 4.69) is 5.32 Å². The van der Waals surface area contributed by atoms with E-state index in [1.54, 1.807) is 36.4 Å². The predicted molar refractivity (Wildman–Crippen MR) is 197 cm³/mol. The molecular weight excluding hydrogens is 694 g/mol. The summed E-state index contributed by atoms with van der Waals surface area (Å²) < 4.78 is 52.1. The summed E-state index contributed by atoms with van der Waals surface area (Å²) >= 11 is 6.60. The molecule has 0 spiro atoms. The molecule has 4 rings (SSSR count). The molecule has 2 amide bonds. The summed E-state index contributed by atoms with van der Waals surface area (Å²) in [5.41, 5.74) is 1.44. The van der Waals surface area contributed by atoms with Crippen LogP contribution in [0.25, 0.3) is 0 Å². The minimum Gasteiger partial charge on any atom is -0.497 e. The van der Waals surface area contributed by atoms with Gasteiger partial charge < -0.3 is 29.2 Å². The molecule has 272 valence electrons. The fourth-order valence-corrected chi connectivity index (χ4v) is 7.11. The molecule has 11 nitrogen and oxygen atoms in total. The number of benzene rings is 4. The van der Waals surface area contributed by atoms with Gasteiger partial charge in [0.05, 0.1) is 39.0 Å². The zero-order chi connectivity index (χ0) is 37.0. The lowest BCUT2D eigenvalue weighted by atomic mass is 10.0. The van der Waals surface area contributed by atoms with Crippen LogP contribution < -0.4 is 28.6 Å². The topological polar surface area (TPSA) is 124 Å². The normalized spacial score (nSPS) is 11.6. The first-order chi connectivity index (χ1) is 24.6. The highest BCUT2D eigenvalue weighted by atomic mass is 35.5. The molecule has 1 N–H and O–H groups in total. The van der Waals surface area contributed by atoms with Crippen LogP contribution in [0.4, 0.5) is 5.69 Å². The number of anilines is 1. The zero-order valence-electron chi connectivity index (χ0n) is 29.4. The van der Waals surface area contributed by atoms with Gasteiger partial charge in [0.25, 0.3) is 10.0 Å². The van der Waals surface area contributed by atoms with Crippen molar-refractivity contribution >= 4 is 39.1 Å². The molecule has 0 bridgehead atoms. The third-order valence-corrected chi connectivity index (χ3v) is 10.4. The number of methoxy groups -OCH3 is 4. The van der Waals surface area contributed by atoms with E-state index in [1.807, 2.05) is 37.3 Å². The number of halogens is 1. The number of hydrogen-bond acceptors (Lipinski definition) is 8. The summed E-state index contributed by atoms with van der Waals surface area (Å²) in [6, 6.07) is 24.1. The largest absolute Gasteiger partial charge is 0.497 e. The summed E-state index contributed by atoms with van der Waals surface area (Å²) in [7, 11) is 1.16. The maximum absolute atomic E-state index is 14.8. The van der Waals surface area contributed by atoms with Crippen molar-refractivity contribution in [2.75, 3.05) is 45.8 Å². The summed E-state index contributed by atoms with van der Waals surface area (Å²) in [6.07, 6.45) is 1.77. The van der Waals surface area contributed by atoms with Gasteiger partial charge in [-0.2, -0.15) is 0 Å². The van der Waals surface area contributed by atoms with Crippen molar-refractivity contribution in [3.8, 4) is 23.0 Å². The number of amides is 2. The molecule has 1 atom stereocenters. The van der Waals surface area contributed by atoms with Crippen LogP contribution in [0.2, 0.25) is 5.02 Å². The number of unbranched alkanes of at least 4 members (excludes halogenated alkanes) is 1. The van der Waals surface area contributed by atoms with E-state index < -0.39 is 28.5 Å². The Labute approximate surface area is 305 Å². The lowest BCUT2D eigenvalue weighted by molar-refractivity contribution is -0.140. The number of sulfonamides is 1. The molecule has 0 aliphatic rings. The summed E-state index contributed by atoms with van der Waals surface area (Å²) in [5.74, 6) is -0.0351. The van der Waals surface area contributed by atoms with E-state index in [-0.39, 0.29) is 41.0 Å². The Bertz CT molecular complexity index is 1890. The number of nitrogens with zero attached hydrogens (tertiary/aromatic N) is 2. The van der Waals surface area contributed by atoms with Crippen molar-refractivity contribution in [3.05, 3.63) is 107 Å². The predicted octanol–water partition coefficient (Wildman–Crippen LogP) is 6.13. The molecule has 4 aromatic rings. The van der Waals surface area contributed by atoms with Crippen LogP contribution >= 0.6 is 11.6 Å². The molecule has 0 aliphatic heterocycles. The first-order valence-corrected chi connectivity index (χ1v) is 18.2. The number of carbonyl (C=O) groups is 2. The van der Waals surface area contributed by atoms with Crippen LogP contribution in [0.15, 0.2) is 95.9 Å². The van der Waals surface area contributed by atoms with Crippen LogP contribution in [-0.2, 0) is 32.6 Å². The van der Waals surface area contributed by atoms with Crippen molar-refractivity contribution in [2.45, 2.75) is 43.7 Å². The van der Waals surface area contributed by atoms with Gasteiger partial charge in [-0.1, -0.05) is 73.5 Å². The van der Waals surface area contributed by atoms with Gasteiger partial charge in [0.2, 0.25) is 11.8 Å². The molecule has 0 heterocycles. The minimum atomic E-state index is -4.51. The molecule has 0 radical (unpaired) electrons. The van der Waals surface area contributed by atoms with Gasteiger partial charge in [0.15, 0.2) is 11.5 Å². The number of ether oxygens (including phenoxy) is 4. The van der Waals surface area contributed by atoms with Gasteiger partial charge in [-0.15, -0.1) is 0 Å². The van der Waals surface area contributed by atoms with Gasteiger partial charge in [-0.05, 0) is 47.9 Å². The van der Waals surface area contributed by atoms with E-state index in [4.69, 9.17) is 30.5 Å². The Hall–Kier alpha value is -4.94. The first-order valence-electron chi connectivity index (χ1n) is 16.4. The highest BCUT2D eigenvalue weighted by Gasteiger charge is 2.36.